The molecule has 0 aromatic carbocycles. The molecule has 0 atom stereocenters. The van der Waals surface area contributed by atoms with Gasteiger partial charge in [-0.05, 0) is 0 Å². The van der Waals surface area contributed by atoms with Gasteiger partial charge in [-0.15, -0.1) is 11.8 Å². The second-order valence-electron chi connectivity index (χ2n) is 1.27. The predicted molar refractivity (Wildman–Crippen MR) is 29.6 cm³/mol. The Morgan fingerprint density at radius 2 is 2.67 bits per heavy atom. The van der Waals surface area contributed by atoms with Crippen molar-refractivity contribution in [3.63, 3.8) is 0 Å². The molecule has 0 unspecified atom stereocenters. The summed E-state index contributed by atoms with van der Waals surface area (Å²) in [5.41, 5.74) is 1.17. The van der Waals surface area contributed by atoms with E-state index in [0.29, 0.717) is 0 Å². The van der Waals surface area contributed by atoms with Crippen LogP contribution >= 0.6 is 11.8 Å². The fourth-order valence-corrected chi connectivity index (χ4v) is 1.14. The van der Waals surface area contributed by atoms with E-state index in [1.165, 1.54) is 5.70 Å². The molecule has 0 aromatic heterocycles. The van der Waals surface area contributed by atoms with Crippen molar-refractivity contribution < 1.29 is 0 Å². The van der Waals surface area contributed by atoms with Crippen molar-refractivity contribution in [3.05, 3.63) is 12.3 Å². The van der Waals surface area contributed by atoms with Crippen LogP contribution in [0.1, 0.15) is 0 Å². The summed E-state index contributed by atoms with van der Waals surface area (Å²) in [6.07, 6.45) is 0. The van der Waals surface area contributed by atoms with Gasteiger partial charge in [-0.2, -0.15) is 0 Å². The Balaban J connectivity index is 2.37. The minimum absolute atomic E-state index is 1.05. The maximum atomic E-state index is 3.72. The van der Waals surface area contributed by atoms with Crippen LogP contribution in [-0.4, -0.2) is 11.6 Å². The molecule has 0 bridgehead atoms. The van der Waals surface area contributed by atoms with E-state index in [1.54, 1.807) is 0 Å². The molecule has 1 aliphatic heterocycles. The zero-order chi connectivity index (χ0) is 4.41. The third kappa shape index (κ3) is 0.684. The summed E-state index contributed by atoms with van der Waals surface area (Å²) in [4.78, 5) is 0. The Labute approximate surface area is 41.8 Å². The minimum Gasteiger partial charge on any atom is -0.379 e. The summed E-state index contributed by atoms with van der Waals surface area (Å²) in [5, 5.41) is 3.09. The van der Waals surface area contributed by atoms with E-state index in [0.717, 1.165) is 11.6 Å². The van der Waals surface area contributed by atoms with Crippen LogP contribution < -0.4 is 5.32 Å². The maximum Gasteiger partial charge on any atom is 0.0611 e. The molecular formula is C4H7NS. The number of rotatable bonds is 0. The molecule has 6 heavy (non-hydrogen) atoms. The van der Waals surface area contributed by atoms with Crippen LogP contribution in [0.2, 0.25) is 0 Å². The lowest BCUT2D eigenvalue weighted by molar-refractivity contribution is 1.01. The van der Waals surface area contributed by atoms with E-state index >= 15 is 0 Å². The van der Waals surface area contributed by atoms with Gasteiger partial charge in [-0.3, -0.25) is 0 Å². The molecule has 0 saturated carbocycles. The summed E-state index contributed by atoms with van der Waals surface area (Å²) in [6, 6.07) is 0. The highest BCUT2D eigenvalue weighted by atomic mass is 32.2. The number of hydrogen-bond acceptors (Lipinski definition) is 2. The smallest absolute Gasteiger partial charge is 0.0611 e. The summed E-state index contributed by atoms with van der Waals surface area (Å²) in [5.74, 6) is 2.15. The highest BCUT2D eigenvalue weighted by molar-refractivity contribution is 7.99. The maximum absolute atomic E-state index is 3.72. The Bertz CT molecular complexity index is 61.9. The Morgan fingerprint density at radius 3 is 2.83 bits per heavy atom. The summed E-state index contributed by atoms with van der Waals surface area (Å²) >= 11 is 1.87. The number of thioether (sulfide) groups is 1. The van der Waals surface area contributed by atoms with Crippen molar-refractivity contribution in [1.29, 1.82) is 0 Å². The standard InChI is InChI=1S/C4H7NS/c1-4-2-6-3-5-4/h5H,1-3H2. The van der Waals surface area contributed by atoms with Gasteiger partial charge in [0.2, 0.25) is 0 Å². The van der Waals surface area contributed by atoms with Crippen LogP contribution in [0.3, 0.4) is 0 Å². The van der Waals surface area contributed by atoms with Crippen molar-refractivity contribution in [2.75, 3.05) is 11.6 Å². The Hall–Kier alpha value is -0.110. The van der Waals surface area contributed by atoms with Gasteiger partial charge in [0.1, 0.15) is 0 Å². The molecule has 0 aliphatic carbocycles. The lowest BCUT2D eigenvalue weighted by atomic mass is 10.6. The van der Waals surface area contributed by atoms with Crippen LogP contribution in [0.25, 0.3) is 0 Å². The van der Waals surface area contributed by atoms with Crippen molar-refractivity contribution in [1.82, 2.24) is 5.32 Å². The van der Waals surface area contributed by atoms with Crippen molar-refractivity contribution in [2.24, 2.45) is 0 Å². The monoisotopic (exact) mass is 101 g/mol. The zero-order valence-corrected chi connectivity index (χ0v) is 4.35. The van der Waals surface area contributed by atoms with Gasteiger partial charge in [0, 0.05) is 11.4 Å². The molecule has 34 valence electrons. The van der Waals surface area contributed by atoms with Gasteiger partial charge in [0.25, 0.3) is 0 Å². The fraction of sp³-hybridized carbons (Fsp3) is 0.500. The van der Waals surface area contributed by atoms with Gasteiger partial charge in [0.05, 0.1) is 5.88 Å². The van der Waals surface area contributed by atoms with Crippen LogP contribution in [0, 0.1) is 0 Å². The van der Waals surface area contributed by atoms with Crippen LogP contribution in [0.5, 0.6) is 0 Å². The highest BCUT2D eigenvalue weighted by Crippen LogP contribution is 2.09. The van der Waals surface area contributed by atoms with E-state index in [2.05, 4.69) is 11.9 Å². The van der Waals surface area contributed by atoms with Crippen molar-refractivity contribution in [3.8, 4) is 0 Å². The van der Waals surface area contributed by atoms with E-state index in [-0.39, 0.29) is 0 Å². The summed E-state index contributed by atoms with van der Waals surface area (Å²) < 4.78 is 0. The predicted octanol–water partition coefficient (Wildman–Crippen LogP) is 0.794. The van der Waals surface area contributed by atoms with Crippen molar-refractivity contribution >= 4 is 11.8 Å². The second kappa shape index (κ2) is 1.56. The Morgan fingerprint density at radius 1 is 1.83 bits per heavy atom. The molecule has 1 rings (SSSR count). The minimum atomic E-state index is 1.05. The highest BCUT2D eigenvalue weighted by Gasteiger charge is 1.99. The van der Waals surface area contributed by atoms with Gasteiger partial charge in [-0.1, -0.05) is 6.58 Å². The molecule has 1 nitrogen and oxygen atoms in total. The van der Waals surface area contributed by atoms with E-state index < -0.39 is 0 Å². The molecule has 1 aliphatic rings. The second-order valence-corrected chi connectivity index (χ2v) is 2.26. The molecule has 0 aromatic rings. The van der Waals surface area contributed by atoms with E-state index in [4.69, 9.17) is 0 Å². The average Bonchev–Trinajstić information content (AvgIpc) is 1.86. The zero-order valence-electron chi connectivity index (χ0n) is 3.53. The third-order valence-corrected chi connectivity index (χ3v) is 1.60. The molecule has 1 saturated heterocycles. The molecule has 1 fully saturated rings. The summed E-state index contributed by atoms with van der Waals surface area (Å²) in [6.45, 7) is 3.72. The first kappa shape index (κ1) is 4.06. The first-order valence-electron chi connectivity index (χ1n) is 1.89. The molecule has 0 amide bonds. The van der Waals surface area contributed by atoms with Gasteiger partial charge < -0.3 is 5.32 Å². The molecule has 0 spiro atoms. The van der Waals surface area contributed by atoms with Gasteiger partial charge in [0.15, 0.2) is 0 Å². The van der Waals surface area contributed by atoms with Crippen LogP contribution in [0.15, 0.2) is 12.3 Å². The summed E-state index contributed by atoms with van der Waals surface area (Å²) in [7, 11) is 0. The first-order valence-corrected chi connectivity index (χ1v) is 3.04. The topological polar surface area (TPSA) is 12.0 Å². The van der Waals surface area contributed by atoms with Crippen molar-refractivity contribution in [2.45, 2.75) is 0 Å². The molecule has 2 heteroatoms. The molecular weight excluding hydrogens is 94.1 g/mol. The van der Waals surface area contributed by atoms with E-state index in [1.807, 2.05) is 11.8 Å². The lowest BCUT2D eigenvalue weighted by Gasteiger charge is -1.85. The largest absolute Gasteiger partial charge is 0.379 e. The van der Waals surface area contributed by atoms with Crippen LogP contribution in [0.4, 0.5) is 0 Å². The lowest BCUT2D eigenvalue weighted by Crippen LogP contribution is -2.01. The van der Waals surface area contributed by atoms with Crippen LogP contribution in [-0.2, 0) is 0 Å². The molecule has 1 N–H and O–H groups in total. The van der Waals surface area contributed by atoms with E-state index in [9.17, 15) is 0 Å². The fourth-order valence-electron chi connectivity index (χ4n) is 0.378. The molecule has 1 heterocycles. The third-order valence-electron chi connectivity index (χ3n) is 0.701. The SMILES string of the molecule is C=C1CSCN1. The molecule has 0 radical (unpaired) electrons. The normalized spacial score (nSPS) is 21.0. The number of hydrogen-bond donors (Lipinski definition) is 1. The average molecular weight is 101 g/mol. The number of nitrogens with one attached hydrogen (secondary N) is 1. The van der Waals surface area contributed by atoms with Gasteiger partial charge >= 0.3 is 0 Å². The quantitative estimate of drug-likeness (QED) is 0.484. The van der Waals surface area contributed by atoms with Gasteiger partial charge in [-0.25, -0.2) is 0 Å². The first-order chi connectivity index (χ1) is 2.89. The Kier molecular flexibility index (Phi) is 1.05.